The third kappa shape index (κ3) is 5.45. The standard InChI is InChI=1S/C21H27ClN2O2/c1-26-21-8-7-19(22)14-18(21)15-23-9-11-24(12-10-23)16-20(25)13-17-5-3-2-4-6-17/h2-8,14,20,25H,9-13,15-16H2,1H3. The van der Waals surface area contributed by atoms with Gasteiger partial charge in [0.2, 0.25) is 0 Å². The van der Waals surface area contributed by atoms with E-state index in [9.17, 15) is 5.11 Å². The number of hydrogen-bond donors (Lipinski definition) is 1. The van der Waals surface area contributed by atoms with Gasteiger partial charge in [-0.1, -0.05) is 41.9 Å². The van der Waals surface area contributed by atoms with E-state index in [1.54, 1.807) is 7.11 Å². The monoisotopic (exact) mass is 374 g/mol. The molecule has 0 aliphatic carbocycles. The molecule has 1 atom stereocenters. The third-order valence-electron chi connectivity index (χ3n) is 4.88. The van der Waals surface area contributed by atoms with E-state index in [-0.39, 0.29) is 6.10 Å². The molecular formula is C21H27ClN2O2. The smallest absolute Gasteiger partial charge is 0.123 e. The molecular weight excluding hydrogens is 348 g/mol. The number of aliphatic hydroxyl groups is 1. The van der Waals surface area contributed by atoms with Crippen LogP contribution in [0.5, 0.6) is 5.75 Å². The molecule has 4 nitrogen and oxygen atoms in total. The van der Waals surface area contributed by atoms with E-state index in [1.807, 2.05) is 36.4 Å². The molecule has 1 N–H and O–H groups in total. The highest BCUT2D eigenvalue weighted by Crippen LogP contribution is 2.24. The molecule has 140 valence electrons. The first-order chi connectivity index (χ1) is 12.6. The average Bonchev–Trinajstić information content (AvgIpc) is 2.64. The van der Waals surface area contributed by atoms with Crippen molar-refractivity contribution in [3.63, 3.8) is 0 Å². The number of piperazine rings is 1. The molecule has 1 heterocycles. The summed E-state index contributed by atoms with van der Waals surface area (Å²) in [6, 6.07) is 15.9. The van der Waals surface area contributed by atoms with Gasteiger partial charge in [-0.3, -0.25) is 9.80 Å². The second kappa shape index (κ2) is 9.38. The van der Waals surface area contributed by atoms with Crippen molar-refractivity contribution in [2.24, 2.45) is 0 Å². The van der Waals surface area contributed by atoms with Crippen molar-refractivity contribution in [1.82, 2.24) is 9.80 Å². The minimum Gasteiger partial charge on any atom is -0.496 e. The van der Waals surface area contributed by atoms with Crippen LogP contribution in [0.4, 0.5) is 0 Å². The van der Waals surface area contributed by atoms with Crippen LogP contribution in [0.25, 0.3) is 0 Å². The molecule has 0 radical (unpaired) electrons. The molecule has 1 saturated heterocycles. The van der Waals surface area contributed by atoms with Crippen LogP contribution in [0.1, 0.15) is 11.1 Å². The second-order valence-corrected chi connectivity index (χ2v) is 7.31. The molecule has 1 unspecified atom stereocenters. The predicted molar refractivity (Wildman–Crippen MR) is 106 cm³/mol. The van der Waals surface area contributed by atoms with Crippen LogP contribution in [0.3, 0.4) is 0 Å². The van der Waals surface area contributed by atoms with E-state index in [0.29, 0.717) is 6.42 Å². The Labute approximate surface area is 160 Å². The first-order valence-corrected chi connectivity index (χ1v) is 9.51. The Balaban J connectivity index is 1.46. The largest absolute Gasteiger partial charge is 0.496 e. The highest BCUT2D eigenvalue weighted by atomic mass is 35.5. The Bertz CT molecular complexity index is 688. The SMILES string of the molecule is COc1ccc(Cl)cc1CN1CCN(CC(O)Cc2ccccc2)CC1. The summed E-state index contributed by atoms with van der Waals surface area (Å²) in [6.07, 6.45) is 0.387. The molecule has 3 rings (SSSR count). The summed E-state index contributed by atoms with van der Waals surface area (Å²) in [5.74, 6) is 0.884. The van der Waals surface area contributed by atoms with Crippen LogP contribution in [0.15, 0.2) is 48.5 Å². The van der Waals surface area contributed by atoms with Crippen LogP contribution in [-0.4, -0.2) is 60.8 Å². The van der Waals surface area contributed by atoms with E-state index in [0.717, 1.165) is 55.6 Å². The van der Waals surface area contributed by atoms with Gasteiger partial charge in [0.1, 0.15) is 5.75 Å². The summed E-state index contributed by atoms with van der Waals surface area (Å²) in [7, 11) is 1.69. The highest BCUT2D eigenvalue weighted by molar-refractivity contribution is 6.30. The number of rotatable bonds is 7. The van der Waals surface area contributed by atoms with Gasteiger partial charge in [-0.2, -0.15) is 0 Å². The number of hydrogen-bond acceptors (Lipinski definition) is 4. The molecule has 2 aromatic rings. The van der Waals surface area contributed by atoms with Gasteiger partial charge in [0.05, 0.1) is 13.2 Å². The maximum Gasteiger partial charge on any atom is 0.123 e. The predicted octanol–water partition coefficient (Wildman–Crippen LogP) is 3.07. The summed E-state index contributed by atoms with van der Waals surface area (Å²) >= 11 is 6.13. The zero-order chi connectivity index (χ0) is 18.4. The van der Waals surface area contributed by atoms with Gasteiger partial charge in [-0.25, -0.2) is 0 Å². The fraction of sp³-hybridized carbons (Fsp3) is 0.429. The number of halogens is 1. The normalized spacial score (nSPS) is 17.2. The van der Waals surface area contributed by atoms with E-state index in [2.05, 4.69) is 21.9 Å². The van der Waals surface area contributed by atoms with Crippen LogP contribution < -0.4 is 4.74 Å². The zero-order valence-electron chi connectivity index (χ0n) is 15.3. The van der Waals surface area contributed by atoms with Gasteiger partial charge in [0.25, 0.3) is 0 Å². The number of benzene rings is 2. The average molecular weight is 375 g/mol. The topological polar surface area (TPSA) is 35.9 Å². The highest BCUT2D eigenvalue weighted by Gasteiger charge is 2.20. The van der Waals surface area contributed by atoms with Gasteiger partial charge in [0, 0.05) is 49.9 Å². The van der Waals surface area contributed by atoms with Gasteiger partial charge < -0.3 is 9.84 Å². The molecule has 26 heavy (non-hydrogen) atoms. The number of nitrogens with zero attached hydrogens (tertiary/aromatic N) is 2. The van der Waals surface area contributed by atoms with E-state index in [1.165, 1.54) is 5.56 Å². The maximum absolute atomic E-state index is 10.4. The van der Waals surface area contributed by atoms with Crippen molar-refractivity contribution in [2.75, 3.05) is 39.8 Å². The first kappa shape index (κ1) is 19.2. The second-order valence-electron chi connectivity index (χ2n) is 6.88. The van der Waals surface area contributed by atoms with Crippen molar-refractivity contribution < 1.29 is 9.84 Å². The quantitative estimate of drug-likeness (QED) is 0.808. The van der Waals surface area contributed by atoms with Crippen LogP contribution in [-0.2, 0) is 13.0 Å². The Hall–Kier alpha value is -1.59. The van der Waals surface area contributed by atoms with E-state index >= 15 is 0 Å². The van der Waals surface area contributed by atoms with Crippen molar-refractivity contribution in [2.45, 2.75) is 19.1 Å². The third-order valence-corrected chi connectivity index (χ3v) is 5.12. The van der Waals surface area contributed by atoms with Crippen molar-refractivity contribution in [1.29, 1.82) is 0 Å². The van der Waals surface area contributed by atoms with Gasteiger partial charge in [0.15, 0.2) is 0 Å². The van der Waals surface area contributed by atoms with Crippen LogP contribution in [0, 0.1) is 0 Å². The van der Waals surface area contributed by atoms with E-state index < -0.39 is 0 Å². The van der Waals surface area contributed by atoms with Crippen molar-refractivity contribution in [3.8, 4) is 5.75 Å². The summed E-state index contributed by atoms with van der Waals surface area (Å²) < 4.78 is 5.44. The fourth-order valence-corrected chi connectivity index (χ4v) is 3.69. The Morgan fingerprint density at radius 3 is 2.42 bits per heavy atom. The molecule has 1 aliphatic rings. The maximum atomic E-state index is 10.4. The van der Waals surface area contributed by atoms with Gasteiger partial charge >= 0.3 is 0 Å². The summed E-state index contributed by atoms with van der Waals surface area (Å²) in [5.41, 5.74) is 2.31. The lowest BCUT2D eigenvalue weighted by molar-refractivity contribution is 0.0702. The number of β-amino-alcohol motifs (C(OH)–C–C–N with tert-alkyl or cyclic N) is 1. The molecule has 0 bridgehead atoms. The zero-order valence-corrected chi connectivity index (χ0v) is 16.0. The Morgan fingerprint density at radius 2 is 1.73 bits per heavy atom. The number of ether oxygens (including phenoxy) is 1. The molecule has 1 fully saturated rings. The van der Waals surface area contributed by atoms with Gasteiger partial charge in [-0.15, -0.1) is 0 Å². The van der Waals surface area contributed by atoms with Crippen molar-refractivity contribution >= 4 is 11.6 Å². The lowest BCUT2D eigenvalue weighted by Gasteiger charge is -2.35. The van der Waals surface area contributed by atoms with Crippen LogP contribution >= 0.6 is 11.6 Å². The number of aliphatic hydroxyl groups excluding tert-OH is 1. The molecule has 5 heteroatoms. The molecule has 2 aromatic carbocycles. The Morgan fingerprint density at radius 1 is 1.04 bits per heavy atom. The lowest BCUT2D eigenvalue weighted by Crippen LogP contribution is -2.48. The molecule has 0 aromatic heterocycles. The molecule has 0 spiro atoms. The van der Waals surface area contributed by atoms with E-state index in [4.69, 9.17) is 16.3 Å². The molecule has 1 aliphatic heterocycles. The molecule has 0 amide bonds. The minimum atomic E-state index is -0.322. The van der Waals surface area contributed by atoms with Crippen molar-refractivity contribution in [3.05, 3.63) is 64.7 Å². The Kier molecular flexibility index (Phi) is 6.92. The van der Waals surface area contributed by atoms with Crippen LogP contribution in [0.2, 0.25) is 5.02 Å². The first-order valence-electron chi connectivity index (χ1n) is 9.13. The lowest BCUT2D eigenvalue weighted by atomic mass is 10.1. The van der Waals surface area contributed by atoms with Gasteiger partial charge in [-0.05, 0) is 30.2 Å². The summed E-state index contributed by atoms with van der Waals surface area (Å²) in [4.78, 5) is 4.76. The summed E-state index contributed by atoms with van der Waals surface area (Å²) in [6.45, 7) is 5.46. The molecule has 0 saturated carbocycles. The summed E-state index contributed by atoms with van der Waals surface area (Å²) in [5, 5.41) is 11.1. The fourth-order valence-electron chi connectivity index (χ4n) is 3.49. The minimum absolute atomic E-state index is 0.322. The number of methoxy groups -OCH3 is 1.